The van der Waals surface area contributed by atoms with Crippen molar-refractivity contribution in [3.05, 3.63) is 36.0 Å². The second-order valence-corrected chi connectivity index (χ2v) is 7.19. The van der Waals surface area contributed by atoms with Gasteiger partial charge in [-0.15, -0.1) is 0 Å². The summed E-state index contributed by atoms with van der Waals surface area (Å²) in [5.41, 5.74) is 0.0884. The Bertz CT molecular complexity index is 779. The Labute approximate surface area is 162 Å². The Hall–Kier alpha value is -2.49. The normalized spacial score (nSPS) is 18.1. The second kappa shape index (κ2) is 8.26. The van der Waals surface area contributed by atoms with Gasteiger partial charge in [-0.05, 0) is 19.4 Å². The maximum atomic E-state index is 12.9. The van der Waals surface area contributed by atoms with E-state index < -0.39 is 11.9 Å². The molecular weight excluding hydrogens is 371 g/mol. The Morgan fingerprint density at radius 2 is 1.82 bits per heavy atom. The summed E-state index contributed by atoms with van der Waals surface area (Å²) in [5.74, 6) is 0.942. The maximum Gasteiger partial charge on any atom is 0.433 e. The Morgan fingerprint density at radius 3 is 2.46 bits per heavy atom. The van der Waals surface area contributed by atoms with E-state index in [0.717, 1.165) is 43.9 Å². The molecule has 10 heteroatoms. The van der Waals surface area contributed by atoms with Gasteiger partial charge >= 0.3 is 6.18 Å². The average molecular weight is 395 g/mol. The van der Waals surface area contributed by atoms with Crippen molar-refractivity contribution in [2.45, 2.75) is 31.6 Å². The van der Waals surface area contributed by atoms with Crippen LogP contribution in [-0.4, -0.2) is 65.1 Å². The van der Waals surface area contributed by atoms with E-state index in [0.29, 0.717) is 12.5 Å². The van der Waals surface area contributed by atoms with E-state index >= 15 is 0 Å². The van der Waals surface area contributed by atoms with Crippen molar-refractivity contribution < 1.29 is 13.2 Å². The summed E-state index contributed by atoms with van der Waals surface area (Å²) in [6.45, 7) is 2.37. The molecule has 0 aliphatic carbocycles. The van der Waals surface area contributed by atoms with Crippen molar-refractivity contribution in [3.63, 3.8) is 0 Å². The molecule has 3 rings (SSSR count). The van der Waals surface area contributed by atoms with Crippen LogP contribution in [0.25, 0.3) is 0 Å². The Kier molecular flexibility index (Phi) is 5.97. The predicted molar refractivity (Wildman–Crippen MR) is 100 cm³/mol. The number of likely N-dealkylation sites (N-methyl/N-ethyl adjacent to an activating group) is 1. The third kappa shape index (κ3) is 4.86. The fourth-order valence-corrected chi connectivity index (χ4v) is 3.29. The lowest BCUT2D eigenvalue weighted by atomic mass is 10.0. The molecule has 0 spiro atoms. The van der Waals surface area contributed by atoms with Crippen molar-refractivity contribution in [1.29, 1.82) is 0 Å². The molecule has 1 aliphatic rings. The first-order chi connectivity index (χ1) is 13.2. The van der Waals surface area contributed by atoms with Crippen LogP contribution in [0.2, 0.25) is 0 Å². The molecule has 1 saturated heterocycles. The second-order valence-electron chi connectivity index (χ2n) is 7.19. The summed E-state index contributed by atoms with van der Waals surface area (Å²) < 4.78 is 38.8. The van der Waals surface area contributed by atoms with E-state index in [-0.39, 0.29) is 11.9 Å². The highest BCUT2D eigenvalue weighted by Crippen LogP contribution is 2.30. The van der Waals surface area contributed by atoms with E-state index in [1.165, 1.54) is 0 Å². The summed E-state index contributed by atoms with van der Waals surface area (Å²) in [5, 5.41) is 0. The number of aromatic nitrogens is 4. The summed E-state index contributed by atoms with van der Waals surface area (Å²) in [7, 11) is 5.56. The van der Waals surface area contributed by atoms with Gasteiger partial charge in [-0.2, -0.15) is 13.2 Å². The number of hydrogen-bond donors (Lipinski definition) is 0. The maximum absolute atomic E-state index is 12.9. The number of rotatable bonds is 5. The molecule has 28 heavy (non-hydrogen) atoms. The van der Waals surface area contributed by atoms with E-state index in [4.69, 9.17) is 0 Å². The van der Waals surface area contributed by atoms with Gasteiger partial charge in [-0.1, -0.05) is 0 Å². The average Bonchev–Trinajstić information content (AvgIpc) is 2.67. The molecule has 0 radical (unpaired) electrons. The van der Waals surface area contributed by atoms with Crippen LogP contribution in [0.4, 0.5) is 24.9 Å². The lowest BCUT2D eigenvalue weighted by Crippen LogP contribution is -2.46. The van der Waals surface area contributed by atoms with Gasteiger partial charge in [0.1, 0.15) is 17.8 Å². The van der Waals surface area contributed by atoms with Crippen LogP contribution in [0.15, 0.2) is 24.8 Å². The minimum atomic E-state index is -4.48. The number of alkyl halides is 3. The SMILES string of the molecule is CN(C)c1ncc(CN2CCCC(N(C)c3cc(C(F)(F)F)ncn3)C2)cn1. The molecule has 0 amide bonds. The third-order valence-electron chi connectivity index (χ3n) is 4.83. The van der Waals surface area contributed by atoms with Crippen molar-refractivity contribution in [1.82, 2.24) is 24.8 Å². The third-order valence-corrected chi connectivity index (χ3v) is 4.83. The number of nitrogens with zero attached hydrogens (tertiary/aromatic N) is 7. The molecule has 2 aromatic rings. The van der Waals surface area contributed by atoms with E-state index in [1.54, 1.807) is 7.05 Å². The van der Waals surface area contributed by atoms with Gasteiger partial charge in [-0.3, -0.25) is 4.90 Å². The zero-order valence-electron chi connectivity index (χ0n) is 16.2. The zero-order chi connectivity index (χ0) is 20.3. The molecule has 1 atom stereocenters. The number of hydrogen-bond acceptors (Lipinski definition) is 7. The number of piperidine rings is 1. The van der Waals surface area contributed by atoms with Crippen LogP contribution in [0, 0.1) is 0 Å². The molecule has 1 unspecified atom stereocenters. The highest BCUT2D eigenvalue weighted by Gasteiger charge is 2.34. The van der Waals surface area contributed by atoms with Crippen molar-refractivity contribution >= 4 is 11.8 Å². The summed E-state index contributed by atoms with van der Waals surface area (Å²) in [6.07, 6.45) is 1.98. The summed E-state index contributed by atoms with van der Waals surface area (Å²) in [4.78, 5) is 22.0. The molecule has 1 aliphatic heterocycles. The molecule has 152 valence electrons. The van der Waals surface area contributed by atoms with Gasteiger partial charge in [0, 0.05) is 64.3 Å². The van der Waals surface area contributed by atoms with Crippen molar-refractivity contribution in [2.75, 3.05) is 44.0 Å². The zero-order valence-corrected chi connectivity index (χ0v) is 16.2. The monoisotopic (exact) mass is 395 g/mol. The van der Waals surface area contributed by atoms with Gasteiger partial charge < -0.3 is 9.80 Å². The van der Waals surface area contributed by atoms with Crippen LogP contribution in [0.5, 0.6) is 0 Å². The lowest BCUT2D eigenvalue weighted by molar-refractivity contribution is -0.141. The smallest absolute Gasteiger partial charge is 0.355 e. The molecule has 0 bridgehead atoms. The standard InChI is InChI=1S/C18H24F3N7/c1-26(2)17-22-8-13(9-23-17)10-28-6-4-5-14(11-28)27(3)16-7-15(18(19,20)21)24-12-25-16/h7-9,12,14H,4-6,10-11H2,1-3H3. The molecule has 3 heterocycles. The van der Waals surface area contributed by atoms with E-state index in [9.17, 15) is 13.2 Å². The molecule has 2 aromatic heterocycles. The Morgan fingerprint density at radius 1 is 1.11 bits per heavy atom. The first-order valence-corrected chi connectivity index (χ1v) is 9.06. The minimum Gasteiger partial charge on any atom is -0.355 e. The first-order valence-electron chi connectivity index (χ1n) is 9.06. The number of likely N-dealkylation sites (tertiary alicyclic amines) is 1. The first kappa shape index (κ1) is 20.2. The van der Waals surface area contributed by atoms with Crippen LogP contribution < -0.4 is 9.80 Å². The molecule has 7 nitrogen and oxygen atoms in total. The number of anilines is 2. The molecular formula is C18H24F3N7. The quantitative estimate of drug-likeness (QED) is 0.771. The van der Waals surface area contributed by atoms with Crippen LogP contribution >= 0.6 is 0 Å². The fraction of sp³-hybridized carbons (Fsp3) is 0.556. The predicted octanol–water partition coefficient (Wildman–Crippen LogP) is 2.45. The van der Waals surface area contributed by atoms with Crippen LogP contribution in [-0.2, 0) is 12.7 Å². The van der Waals surface area contributed by atoms with Gasteiger partial charge in [0.25, 0.3) is 0 Å². The lowest BCUT2D eigenvalue weighted by Gasteiger charge is -2.38. The van der Waals surface area contributed by atoms with E-state index in [2.05, 4.69) is 24.8 Å². The summed E-state index contributed by atoms with van der Waals surface area (Å²) >= 11 is 0. The Balaban J connectivity index is 1.66. The fourth-order valence-electron chi connectivity index (χ4n) is 3.29. The van der Waals surface area contributed by atoms with Gasteiger partial charge in [-0.25, -0.2) is 19.9 Å². The van der Waals surface area contributed by atoms with Gasteiger partial charge in [0.05, 0.1) is 0 Å². The molecule has 0 N–H and O–H groups in total. The highest BCUT2D eigenvalue weighted by atomic mass is 19.4. The molecule has 0 saturated carbocycles. The van der Waals surface area contributed by atoms with Crippen molar-refractivity contribution in [3.8, 4) is 0 Å². The topological polar surface area (TPSA) is 61.3 Å². The summed E-state index contributed by atoms with van der Waals surface area (Å²) in [6, 6.07) is 1.08. The van der Waals surface area contributed by atoms with Gasteiger partial charge in [0.2, 0.25) is 5.95 Å². The van der Waals surface area contributed by atoms with Crippen LogP contribution in [0.3, 0.4) is 0 Å². The molecule has 0 aromatic carbocycles. The minimum absolute atomic E-state index is 0.0756. The number of halogens is 3. The van der Waals surface area contributed by atoms with Crippen molar-refractivity contribution in [2.24, 2.45) is 0 Å². The largest absolute Gasteiger partial charge is 0.433 e. The van der Waals surface area contributed by atoms with Gasteiger partial charge in [0.15, 0.2) is 0 Å². The highest BCUT2D eigenvalue weighted by molar-refractivity contribution is 5.40. The van der Waals surface area contributed by atoms with E-state index in [1.807, 2.05) is 36.3 Å². The van der Waals surface area contributed by atoms with Crippen LogP contribution in [0.1, 0.15) is 24.1 Å². The molecule has 1 fully saturated rings.